The molecular formula is C14H18N2O. The first-order chi connectivity index (χ1) is 8.35. The van der Waals surface area contributed by atoms with Crippen LogP contribution < -0.4 is 0 Å². The number of aliphatic hydroxyl groups excluding tert-OH is 1. The quantitative estimate of drug-likeness (QED) is 0.861. The fraction of sp³-hybridized carbons (Fsp3) is 0.500. The van der Waals surface area contributed by atoms with Gasteiger partial charge in [-0.1, -0.05) is 12.1 Å². The first kappa shape index (κ1) is 12.1. The molecule has 1 aliphatic heterocycles. The van der Waals surface area contributed by atoms with Crippen LogP contribution in [0.2, 0.25) is 0 Å². The molecule has 0 saturated carbocycles. The third kappa shape index (κ3) is 2.85. The van der Waals surface area contributed by atoms with Gasteiger partial charge in [-0.05, 0) is 50.0 Å². The van der Waals surface area contributed by atoms with E-state index in [2.05, 4.69) is 11.0 Å². The number of likely N-dealkylation sites (tertiary alicyclic amines) is 1. The van der Waals surface area contributed by atoms with Crippen LogP contribution in [0.4, 0.5) is 0 Å². The molecule has 17 heavy (non-hydrogen) atoms. The molecule has 1 N–H and O–H groups in total. The molecule has 3 nitrogen and oxygen atoms in total. The third-order valence-electron chi connectivity index (χ3n) is 3.41. The molecule has 0 bridgehead atoms. The zero-order valence-electron chi connectivity index (χ0n) is 9.97. The van der Waals surface area contributed by atoms with Gasteiger partial charge in [-0.3, -0.25) is 4.90 Å². The van der Waals surface area contributed by atoms with E-state index in [9.17, 15) is 5.11 Å². The zero-order valence-corrected chi connectivity index (χ0v) is 9.97. The molecule has 0 radical (unpaired) electrons. The van der Waals surface area contributed by atoms with E-state index in [4.69, 9.17) is 5.26 Å². The number of hydrogen-bond acceptors (Lipinski definition) is 3. The summed E-state index contributed by atoms with van der Waals surface area (Å²) >= 11 is 0. The highest BCUT2D eigenvalue weighted by Crippen LogP contribution is 2.27. The molecule has 0 aromatic heterocycles. The second-order valence-corrected chi connectivity index (χ2v) is 4.50. The molecule has 1 unspecified atom stereocenters. The van der Waals surface area contributed by atoms with Gasteiger partial charge >= 0.3 is 0 Å². The van der Waals surface area contributed by atoms with Crippen LogP contribution in [0, 0.1) is 11.3 Å². The van der Waals surface area contributed by atoms with Gasteiger partial charge in [-0.25, -0.2) is 0 Å². The molecule has 1 aliphatic rings. The second-order valence-electron chi connectivity index (χ2n) is 4.50. The minimum Gasteiger partial charge on any atom is -0.396 e. The van der Waals surface area contributed by atoms with Gasteiger partial charge in [0.05, 0.1) is 11.6 Å². The molecule has 1 fully saturated rings. The summed E-state index contributed by atoms with van der Waals surface area (Å²) in [4.78, 5) is 2.43. The van der Waals surface area contributed by atoms with Gasteiger partial charge in [0.1, 0.15) is 0 Å². The lowest BCUT2D eigenvalue weighted by Crippen LogP contribution is -2.26. The number of rotatable bonds is 4. The Bertz CT molecular complexity index is 388. The molecule has 0 amide bonds. The molecule has 1 aromatic rings. The Morgan fingerprint density at radius 2 is 1.88 bits per heavy atom. The predicted octanol–water partition coefficient (Wildman–Crippen LogP) is 2.08. The highest BCUT2D eigenvalue weighted by Gasteiger charge is 2.22. The molecular weight excluding hydrogens is 212 g/mol. The Hall–Kier alpha value is -1.37. The number of nitrogens with zero attached hydrogens (tertiary/aromatic N) is 2. The van der Waals surface area contributed by atoms with Crippen LogP contribution in [-0.2, 0) is 0 Å². The minimum absolute atomic E-state index is 0.209. The molecule has 2 rings (SSSR count). The SMILES string of the molecule is N#Cc1ccc(C(CCO)N2CCCC2)cc1. The summed E-state index contributed by atoms with van der Waals surface area (Å²) in [5.74, 6) is 0. The monoisotopic (exact) mass is 230 g/mol. The summed E-state index contributed by atoms with van der Waals surface area (Å²) in [6.07, 6.45) is 3.27. The van der Waals surface area contributed by atoms with Crippen molar-refractivity contribution < 1.29 is 5.11 Å². The summed E-state index contributed by atoms with van der Waals surface area (Å²) < 4.78 is 0. The number of benzene rings is 1. The van der Waals surface area contributed by atoms with E-state index in [0.717, 1.165) is 19.5 Å². The molecule has 1 saturated heterocycles. The predicted molar refractivity (Wildman–Crippen MR) is 66.4 cm³/mol. The standard InChI is InChI=1S/C14H18N2O/c15-11-12-3-5-13(6-4-12)14(7-10-17)16-8-1-2-9-16/h3-6,14,17H,1-2,7-10H2. The average molecular weight is 230 g/mol. The molecule has 1 heterocycles. The largest absolute Gasteiger partial charge is 0.396 e. The summed E-state index contributed by atoms with van der Waals surface area (Å²) in [6.45, 7) is 2.44. The van der Waals surface area contributed by atoms with E-state index in [1.165, 1.54) is 18.4 Å². The number of nitriles is 1. The third-order valence-corrected chi connectivity index (χ3v) is 3.41. The van der Waals surface area contributed by atoms with Gasteiger partial charge in [0, 0.05) is 12.6 Å². The van der Waals surface area contributed by atoms with Gasteiger partial charge in [-0.2, -0.15) is 5.26 Å². The summed E-state index contributed by atoms with van der Waals surface area (Å²) in [5, 5.41) is 18.0. The van der Waals surface area contributed by atoms with E-state index < -0.39 is 0 Å². The Kier molecular flexibility index (Phi) is 4.13. The van der Waals surface area contributed by atoms with Crippen LogP contribution in [0.15, 0.2) is 24.3 Å². The molecule has 0 spiro atoms. The minimum atomic E-state index is 0.209. The average Bonchev–Trinajstić information content (AvgIpc) is 2.90. The Morgan fingerprint density at radius 1 is 1.24 bits per heavy atom. The Balaban J connectivity index is 2.16. The highest BCUT2D eigenvalue weighted by atomic mass is 16.3. The van der Waals surface area contributed by atoms with Crippen LogP contribution >= 0.6 is 0 Å². The van der Waals surface area contributed by atoms with Crippen LogP contribution in [0.5, 0.6) is 0 Å². The highest BCUT2D eigenvalue weighted by molar-refractivity contribution is 5.33. The lowest BCUT2D eigenvalue weighted by Gasteiger charge is -2.27. The van der Waals surface area contributed by atoms with E-state index in [-0.39, 0.29) is 6.61 Å². The van der Waals surface area contributed by atoms with Gasteiger partial charge in [0.2, 0.25) is 0 Å². The van der Waals surface area contributed by atoms with Gasteiger partial charge < -0.3 is 5.11 Å². The Morgan fingerprint density at radius 3 is 2.41 bits per heavy atom. The Labute approximate surface area is 102 Å². The maximum absolute atomic E-state index is 9.18. The topological polar surface area (TPSA) is 47.3 Å². The normalized spacial score (nSPS) is 17.9. The van der Waals surface area contributed by atoms with E-state index in [1.807, 2.05) is 24.3 Å². The van der Waals surface area contributed by atoms with Crippen LogP contribution in [0.25, 0.3) is 0 Å². The lowest BCUT2D eigenvalue weighted by atomic mass is 10.0. The van der Waals surface area contributed by atoms with Crippen molar-refractivity contribution in [2.75, 3.05) is 19.7 Å². The molecule has 90 valence electrons. The van der Waals surface area contributed by atoms with Crippen molar-refractivity contribution in [2.24, 2.45) is 0 Å². The fourth-order valence-corrected chi connectivity index (χ4v) is 2.52. The van der Waals surface area contributed by atoms with Crippen molar-refractivity contribution in [3.05, 3.63) is 35.4 Å². The maximum atomic E-state index is 9.18. The van der Waals surface area contributed by atoms with Crippen molar-refractivity contribution in [1.29, 1.82) is 5.26 Å². The summed E-state index contributed by atoms with van der Waals surface area (Å²) in [6, 6.07) is 10.2. The first-order valence-electron chi connectivity index (χ1n) is 6.20. The van der Waals surface area contributed by atoms with Crippen molar-refractivity contribution in [3.8, 4) is 6.07 Å². The van der Waals surface area contributed by atoms with Crippen LogP contribution in [-0.4, -0.2) is 29.7 Å². The van der Waals surface area contributed by atoms with E-state index >= 15 is 0 Å². The second kappa shape index (κ2) is 5.81. The van der Waals surface area contributed by atoms with Crippen LogP contribution in [0.1, 0.15) is 36.4 Å². The van der Waals surface area contributed by atoms with Gasteiger partial charge in [0.15, 0.2) is 0 Å². The smallest absolute Gasteiger partial charge is 0.0991 e. The van der Waals surface area contributed by atoms with Crippen molar-refractivity contribution in [2.45, 2.75) is 25.3 Å². The molecule has 1 aromatic carbocycles. The summed E-state index contributed by atoms with van der Waals surface area (Å²) in [5.41, 5.74) is 1.90. The fourth-order valence-electron chi connectivity index (χ4n) is 2.52. The molecule has 3 heteroatoms. The molecule has 1 atom stereocenters. The summed E-state index contributed by atoms with van der Waals surface area (Å²) in [7, 11) is 0. The number of hydrogen-bond donors (Lipinski definition) is 1. The van der Waals surface area contributed by atoms with Crippen molar-refractivity contribution in [3.63, 3.8) is 0 Å². The van der Waals surface area contributed by atoms with E-state index in [0.29, 0.717) is 11.6 Å². The van der Waals surface area contributed by atoms with Crippen molar-refractivity contribution in [1.82, 2.24) is 4.90 Å². The van der Waals surface area contributed by atoms with E-state index in [1.54, 1.807) is 0 Å². The first-order valence-corrected chi connectivity index (χ1v) is 6.20. The van der Waals surface area contributed by atoms with Crippen LogP contribution in [0.3, 0.4) is 0 Å². The van der Waals surface area contributed by atoms with Gasteiger partial charge in [-0.15, -0.1) is 0 Å². The molecule has 0 aliphatic carbocycles. The zero-order chi connectivity index (χ0) is 12.1. The van der Waals surface area contributed by atoms with Crippen molar-refractivity contribution >= 4 is 0 Å². The lowest BCUT2D eigenvalue weighted by molar-refractivity contribution is 0.185. The van der Waals surface area contributed by atoms with Gasteiger partial charge in [0.25, 0.3) is 0 Å². The number of aliphatic hydroxyl groups is 1. The maximum Gasteiger partial charge on any atom is 0.0991 e.